The molecule has 0 aromatic carbocycles. The molecule has 0 aromatic heterocycles. The average Bonchev–Trinajstić information content (AvgIpc) is 2.04. The smallest absolute Gasteiger partial charge is 0.00258 e. The van der Waals surface area contributed by atoms with Gasteiger partial charge in [-0.15, -0.1) is 0 Å². The second-order valence-corrected chi connectivity index (χ2v) is 4.32. The molecule has 0 bridgehead atoms. The summed E-state index contributed by atoms with van der Waals surface area (Å²) in [7, 11) is 0. The summed E-state index contributed by atoms with van der Waals surface area (Å²) in [5, 5.41) is 0. The summed E-state index contributed by atoms with van der Waals surface area (Å²) in [4.78, 5) is 0. The maximum atomic E-state index is 5.63. The summed E-state index contributed by atoms with van der Waals surface area (Å²) in [5.74, 6) is 0. The fourth-order valence-corrected chi connectivity index (χ4v) is 1.20. The summed E-state index contributed by atoms with van der Waals surface area (Å²) in [5.41, 5.74) is 11.4. The van der Waals surface area contributed by atoms with Gasteiger partial charge in [-0.3, -0.25) is 0 Å². The third-order valence-electron chi connectivity index (χ3n) is 2.36. The van der Waals surface area contributed by atoms with Crippen LogP contribution in [0.3, 0.4) is 0 Å². The van der Waals surface area contributed by atoms with Gasteiger partial charge in [-0.2, -0.15) is 0 Å². The molecule has 12 heavy (non-hydrogen) atoms. The minimum atomic E-state index is 0.336. The zero-order valence-electron chi connectivity index (χ0n) is 8.60. The number of unbranched alkanes of at least 4 members (excludes halogenated alkanes) is 3. The number of nitrogens with two attached hydrogens (primary N) is 2. The van der Waals surface area contributed by atoms with Crippen molar-refractivity contribution in [1.82, 2.24) is 0 Å². The first kappa shape index (κ1) is 11.9. The molecule has 0 aliphatic rings. The molecule has 0 heterocycles. The molecule has 0 aliphatic carbocycles. The molecular weight excluding hydrogens is 148 g/mol. The summed E-state index contributed by atoms with van der Waals surface area (Å²) >= 11 is 0. The van der Waals surface area contributed by atoms with E-state index in [-0.39, 0.29) is 0 Å². The maximum Gasteiger partial charge on any atom is -0.00258 e. The van der Waals surface area contributed by atoms with Crippen molar-refractivity contribution < 1.29 is 0 Å². The van der Waals surface area contributed by atoms with Crippen molar-refractivity contribution in [2.24, 2.45) is 16.9 Å². The number of rotatable bonds is 7. The van der Waals surface area contributed by atoms with Crippen molar-refractivity contribution in [3.05, 3.63) is 0 Å². The molecule has 0 spiro atoms. The van der Waals surface area contributed by atoms with Gasteiger partial charge in [0.05, 0.1) is 0 Å². The third kappa shape index (κ3) is 6.62. The first-order valence-electron chi connectivity index (χ1n) is 5.02. The molecule has 4 N–H and O–H groups in total. The molecule has 0 atom stereocenters. The van der Waals surface area contributed by atoms with E-state index in [0.29, 0.717) is 5.41 Å². The van der Waals surface area contributed by atoms with Gasteiger partial charge in [0, 0.05) is 0 Å². The first-order valence-corrected chi connectivity index (χ1v) is 5.02. The van der Waals surface area contributed by atoms with Gasteiger partial charge in [0.2, 0.25) is 0 Å². The lowest BCUT2D eigenvalue weighted by molar-refractivity contribution is 0.331. The molecule has 0 saturated carbocycles. The van der Waals surface area contributed by atoms with Crippen molar-refractivity contribution in [1.29, 1.82) is 0 Å². The standard InChI is InChI=1S/C10H24N2/c1-10(2,9-12)7-5-3-4-6-8-11/h3-9,11-12H2,1-2H3. The van der Waals surface area contributed by atoms with Crippen molar-refractivity contribution >= 4 is 0 Å². The molecule has 0 rings (SSSR count). The van der Waals surface area contributed by atoms with E-state index in [0.717, 1.165) is 13.1 Å². The lowest BCUT2D eigenvalue weighted by atomic mass is 9.87. The summed E-state index contributed by atoms with van der Waals surface area (Å²) in [6.45, 7) is 6.09. The fraction of sp³-hybridized carbons (Fsp3) is 1.00. The van der Waals surface area contributed by atoms with Gasteiger partial charge in [-0.05, 0) is 31.3 Å². The van der Waals surface area contributed by atoms with Gasteiger partial charge >= 0.3 is 0 Å². The largest absolute Gasteiger partial charge is 0.330 e. The van der Waals surface area contributed by atoms with Crippen LogP contribution in [-0.4, -0.2) is 13.1 Å². The Labute approximate surface area is 76.7 Å². The highest BCUT2D eigenvalue weighted by molar-refractivity contribution is 4.68. The molecule has 0 fully saturated rings. The fourth-order valence-electron chi connectivity index (χ4n) is 1.20. The number of hydrogen-bond acceptors (Lipinski definition) is 2. The van der Waals surface area contributed by atoms with Crippen LogP contribution in [0.2, 0.25) is 0 Å². The van der Waals surface area contributed by atoms with Crippen LogP contribution in [0, 0.1) is 5.41 Å². The zero-order valence-corrected chi connectivity index (χ0v) is 8.60. The van der Waals surface area contributed by atoms with Crippen molar-refractivity contribution in [3.63, 3.8) is 0 Å². The van der Waals surface area contributed by atoms with Crippen molar-refractivity contribution in [2.75, 3.05) is 13.1 Å². The average molecular weight is 172 g/mol. The monoisotopic (exact) mass is 172 g/mol. The second-order valence-electron chi connectivity index (χ2n) is 4.32. The molecule has 2 heteroatoms. The van der Waals surface area contributed by atoms with Crippen LogP contribution >= 0.6 is 0 Å². The van der Waals surface area contributed by atoms with Crippen LogP contribution in [0.15, 0.2) is 0 Å². The minimum absolute atomic E-state index is 0.336. The van der Waals surface area contributed by atoms with Gasteiger partial charge in [0.1, 0.15) is 0 Å². The molecule has 0 aromatic rings. The van der Waals surface area contributed by atoms with Crippen LogP contribution < -0.4 is 11.5 Å². The predicted molar refractivity (Wildman–Crippen MR) is 55.0 cm³/mol. The Kier molecular flexibility index (Phi) is 6.39. The maximum absolute atomic E-state index is 5.63. The van der Waals surface area contributed by atoms with E-state index in [2.05, 4.69) is 13.8 Å². The quantitative estimate of drug-likeness (QED) is 0.576. The van der Waals surface area contributed by atoms with E-state index in [9.17, 15) is 0 Å². The normalized spacial score (nSPS) is 12.0. The molecule has 2 nitrogen and oxygen atoms in total. The van der Waals surface area contributed by atoms with Crippen LogP contribution in [0.5, 0.6) is 0 Å². The van der Waals surface area contributed by atoms with E-state index >= 15 is 0 Å². The minimum Gasteiger partial charge on any atom is -0.330 e. The van der Waals surface area contributed by atoms with Crippen molar-refractivity contribution in [2.45, 2.75) is 46.0 Å². The molecule has 0 saturated heterocycles. The Bertz CT molecular complexity index is 100. The second kappa shape index (κ2) is 6.44. The van der Waals surface area contributed by atoms with Gasteiger partial charge in [0.25, 0.3) is 0 Å². The molecule has 0 amide bonds. The Balaban J connectivity index is 3.19. The summed E-state index contributed by atoms with van der Waals surface area (Å²) in [6.07, 6.45) is 6.29. The van der Waals surface area contributed by atoms with E-state index < -0.39 is 0 Å². The molecular formula is C10H24N2. The highest BCUT2D eigenvalue weighted by Crippen LogP contribution is 2.21. The van der Waals surface area contributed by atoms with E-state index in [1.54, 1.807) is 0 Å². The SMILES string of the molecule is CC(C)(CN)CCCCCCN. The van der Waals surface area contributed by atoms with Crippen LogP contribution in [0.25, 0.3) is 0 Å². The van der Waals surface area contributed by atoms with Gasteiger partial charge in [-0.25, -0.2) is 0 Å². The lowest BCUT2D eigenvalue weighted by Crippen LogP contribution is -2.23. The zero-order chi connectivity index (χ0) is 9.45. The Morgan fingerprint density at radius 1 is 0.917 bits per heavy atom. The van der Waals surface area contributed by atoms with Crippen LogP contribution in [0.4, 0.5) is 0 Å². The number of hydrogen-bond donors (Lipinski definition) is 2. The first-order chi connectivity index (χ1) is 5.62. The highest BCUT2D eigenvalue weighted by atomic mass is 14.6. The third-order valence-corrected chi connectivity index (χ3v) is 2.36. The van der Waals surface area contributed by atoms with Crippen molar-refractivity contribution in [3.8, 4) is 0 Å². The lowest BCUT2D eigenvalue weighted by Gasteiger charge is -2.21. The topological polar surface area (TPSA) is 52.0 Å². The summed E-state index contributed by atoms with van der Waals surface area (Å²) < 4.78 is 0. The van der Waals surface area contributed by atoms with E-state index in [1.807, 2.05) is 0 Å². The Morgan fingerprint density at radius 2 is 1.50 bits per heavy atom. The Hall–Kier alpha value is -0.0800. The van der Waals surface area contributed by atoms with E-state index in [4.69, 9.17) is 11.5 Å². The van der Waals surface area contributed by atoms with Gasteiger partial charge in [0.15, 0.2) is 0 Å². The van der Waals surface area contributed by atoms with Crippen LogP contribution in [-0.2, 0) is 0 Å². The molecule has 0 unspecified atom stereocenters. The Morgan fingerprint density at radius 3 is 2.00 bits per heavy atom. The predicted octanol–water partition coefficient (Wildman–Crippen LogP) is 1.88. The molecule has 0 radical (unpaired) electrons. The van der Waals surface area contributed by atoms with Gasteiger partial charge < -0.3 is 11.5 Å². The molecule has 0 aliphatic heterocycles. The highest BCUT2D eigenvalue weighted by Gasteiger charge is 2.13. The van der Waals surface area contributed by atoms with Gasteiger partial charge in [-0.1, -0.05) is 33.1 Å². The van der Waals surface area contributed by atoms with Crippen LogP contribution in [0.1, 0.15) is 46.0 Å². The molecule has 74 valence electrons. The summed E-state index contributed by atoms with van der Waals surface area (Å²) in [6, 6.07) is 0. The van der Waals surface area contributed by atoms with E-state index in [1.165, 1.54) is 32.1 Å².